The van der Waals surface area contributed by atoms with E-state index < -0.39 is 59.9 Å². The maximum atomic E-state index is 15.6. The Balaban J connectivity index is 2.26. The number of ether oxygens (including phenoxy) is 1. The third-order valence-corrected chi connectivity index (χ3v) is 8.05. The van der Waals surface area contributed by atoms with Crippen molar-refractivity contribution in [3.8, 4) is 0 Å². The summed E-state index contributed by atoms with van der Waals surface area (Å²) in [7, 11) is -16.9. The molecule has 0 bridgehead atoms. The van der Waals surface area contributed by atoms with Gasteiger partial charge in [0.25, 0.3) is 0 Å². The highest BCUT2D eigenvalue weighted by Crippen LogP contribution is 2.66. The van der Waals surface area contributed by atoms with Crippen molar-refractivity contribution in [2.24, 2.45) is 0 Å². The van der Waals surface area contributed by atoms with Gasteiger partial charge in [-0.25, -0.2) is 22.9 Å². The molecule has 0 radical (unpaired) electrons. The molecule has 32 heavy (non-hydrogen) atoms. The Kier molecular flexibility index (Phi) is 7.90. The third kappa shape index (κ3) is 6.29. The lowest BCUT2D eigenvalue weighted by Crippen LogP contribution is -2.54. The first kappa shape index (κ1) is 27.2. The molecular weight excluding hydrogens is 506 g/mol. The summed E-state index contributed by atoms with van der Waals surface area (Å²) in [5.41, 5.74) is 2.15. The molecule has 5 atom stereocenters. The van der Waals surface area contributed by atoms with Gasteiger partial charge in [-0.3, -0.25) is 9.09 Å². The molecule has 0 spiro atoms. The Morgan fingerprint density at radius 2 is 1.91 bits per heavy atom. The van der Waals surface area contributed by atoms with Crippen molar-refractivity contribution in [1.29, 1.82) is 0 Å². The molecule has 1 saturated heterocycles. The highest BCUT2D eigenvalue weighted by Gasteiger charge is 2.61. The van der Waals surface area contributed by atoms with Crippen molar-refractivity contribution in [2.75, 3.05) is 18.9 Å². The van der Waals surface area contributed by atoms with E-state index in [1.165, 1.54) is 0 Å². The fourth-order valence-electron chi connectivity index (χ4n) is 3.03. The van der Waals surface area contributed by atoms with E-state index in [4.69, 9.17) is 20.3 Å². The van der Waals surface area contributed by atoms with Crippen LogP contribution in [0.15, 0.2) is 17.1 Å². The molecule has 1 aromatic rings. The van der Waals surface area contributed by atoms with E-state index >= 15 is 4.39 Å². The first-order chi connectivity index (χ1) is 14.5. The smallest absolute Gasteiger partial charge is 0.385 e. The Labute approximate surface area is 179 Å². The molecule has 0 aromatic carbocycles. The fourth-order valence-corrected chi connectivity index (χ4v) is 6.10. The maximum absolute atomic E-state index is 15.6. The molecular formula is C12H21FN3O13P3. The number of aliphatic hydroxyl groups is 1. The van der Waals surface area contributed by atoms with Gasteiger partial charge >= 0.3 is 29.2 Å². The highest BCUT2D eigenvalue weighted by atomic mass is 31.3. The lowest BCUT2D eigenvalue weighted by molar-refractivity contribution is -0.109. The van der Waals surface area contributed by atoms with Gasteiger partial charge in [-0.2, -0.15) is 13.6 Å². The number of alkyl halides is 1. The van der Waals surface area contributed by atoms with Crippen molar-refractivity contribution in [3.05, 3.63) is 22.7 Å². The second kappa shape index (κ2) is 9.29. The number of phosphoric acid groups is 3. The molecule has 2 rings (SSSR count). The maximum Gasteiger partial charge on any atom is 0.490 e. The number of nitrogen functional groups attached to an aromatic ring is 1. The molecule has 2 heterocycles. The largest absolute Gasteiger partial charge is 0.490 e. The average molecular weight is 527 g/mol. The summed E-state index contributed by atoms with van der Waals surface area (Å²) in [6.07, 6.45) is -1.23. The molecule has 20 heteroatoms. The zero-order chi connectivity index (χ0) is 24.6. The van der Waals surface area contributed by atoms with Crippen LogP contribution in [0.1, 0.15) is 19.8 Å². The molecule has 16 nitrogen and oxygen atoms in total. The molecule has 184 valence electrons. The number of hydrogen-bond donors (Lipinski definition) is 6. The summed E-state index contributed by atoms with van der Waals surface area (Å²) < 4.78 is 67.1. The fraction of sp³-hybridized carbons (Fsp3) is 0.667. The SMILES string of the molecule is CCC[C@]1(COP(=O)(O)OP(=O)(O)OP(=O)(O)O)OC[C@](F)(n2ccc(N)nc2=O)[C@@H]1O. The van der Waals surface area contributed by atoms with Gasteiger partial charge in [0.15, 0.2) is 0 Å². The third-order valence-electron chi connectivity index (χ3n) is 4.27. The van der Waals surface area contributed by atoms with Crippen LogP contribution >= 0.6 is 23.5 Å². The zero-order valence-electron chi connectivity index (χ0n) is 16.3. The van der Waals surface area contributed by atoms with Gasteiger partial charge in [-0.15, -0.1) is 0 Å². The van der Waals surface area contributed by atoms with Gasteiger partial charge in [0.2, 0.25) is 5.79 Å². The number of nitrogens with two attached hydrogens (primary N) is 1. The Hall–Kier alpha value is -1.06. The minimum Gasteiger partial charge on any atom is -0.385 e. The van der Waals surface area contributed by atoms with Crippen LogP contribution in [0.4, 0.5) is 10.2 Å². The average Bonchev–Trinajstić information content (AvgIpc) is 2.84. The van der Waals surface area contributed by atoms with Gasteiger partial charge in [-0.05, 0) is 12.5 Å². The van der Waals surface area contributed by atoms with E-state index in [0.29, 0.717) is 4.57 Å². The van der Waals surface area contributed by atoms with E-state index in [9.17, 15) is 33.4 Å². The molecule has 2 unspecified atom stereocenters. The molecule has 0 amide bonds. The quantitative estimate of drug-likeness (QED) is 0.214. The standard InChI is InChI=1S/C12H21FN3O13P3/c1-2-4-11(6-27-31(22,23)29-32(24,25)28-30(19,20)21)9(17)12(13,7-26-11)16-5-3-8(14)15-10(16)18/h3,5,9,17H,2,4,6-7H2,1H3,(H,22,23)(H,24,25)(H2,14,15,18)(H2,19,20,21)/t9-,11-,12+/m1/s1. The second-order valence-electron chi connectivity index (χ2n) is 6.69. The van der Waals surface area contributed by atoms with Crippen molar-refractivity contribution in [2.45, 2.75) is 37.3 Å². The lowest BCUT2D eigenvalue weighted by atomic mass is 9.89. The van der Waals surface area contributed by atoms with Crippen LogP contribution in [-0.2, 0) is 37.4 Å². The number of aliphatic hydroxyl groups excluding tert-OH is 1. The topological polar surface area (TPSA) is 250 Å². The number of aromatic nitrogens is 2. The predicted molar refractivity (Wildman–Crippen MR) is 101 cm³/mol. The lowest BCUT2D eigenvalue weighted by Gasteiger charge is -2.34. The second-order valence-corrected chi connectivity index (χ2v) is 11.1. The predicted octanol–water partition coefficient (Wildman–Crippen LogP) is -0.279. The molecule has 1 aliphatic heterocycles. The van der Waals surface area contributed by atoms with Crippen LogP contribution in [0.3, 0.4) is 0 Å². The molecule has 0 saturated carbocycles. The first-order valence-corrected chi connectivity index (χ1v) is 13.1. The van der Waals surface area contributed by atoms with Gasteiger partial charge in [0.05, 0.1) is 6.61 Å². The van der Waals surface area contributed by atoms with Crippen LogP contribution in [0.25, 0.3) is 0 Å². The van der Waals surface area contributed by atoms with Crippen molar-refractivity contribution < 1.29 is 60.6 Å². The van der Waals surface area contributed by atoms with Crippen molar-refractivity contribution in [3.63, 3.8) is 0 Å². The molecule has 1 aliphatic rings. The van der Waals surface area contributed by atoms with E-state index in [2.05, 4.69) is 18.1 Å². The van der Waals surface area contributed by atoms with Crippen LogP contribution in [0.5, 0.6) is 0 Å². The molecule has 0 aliphatic carbocycles. The minimum atomic E-state index is -5.78. The van der Waals surface area contributed by atoms with E-state index in [-0.39, 0.29) is 18.7 Å². The number of phosphoric ester groups is 1. The number of halogens is 1. The van der Waals surface area contributed by atoms with Crippen molar-refractivity contribution >= 4 is 29.3 Å². The van der Waals surface area contributed by atoms with Crippen LogP contribution in [0, 0.1) is 0 Å². The Morgan fingerprint density at radius 3 is 2.44 bits per heavy atom. The summed E-state index contributed by atoms with van der Waals surface area (Å²) in [6, 6.07) is 1.08. The Bertz CT molecular complexity index is 1050. The highest BCUT2D eigenvalue weighted by molar-refractivity contribution is 7.66. The van der Waals surface area contributed by atoms with Crippen LogP contribution in [-0.4, -0.2) is 59.2 Å². The number of hydrogen-bond acceptors (Lipinski definition) is 11. The van der Waals surface area contributed by atoms with Gasteiger partial charge < -0.3 is 35.2 Å². The summed E-state index contributed by atoms with van der Waals surface area (Å²) >= 11 is 0. The minimum absolute atomic E-state index is 0.188. The van der Waals surface area contributed by atoms with E-state index in [1.807, 2.05) is 0 Å². The summed E-state index contributed by atoms with van der Waals surface area (Å²) in [5.74, 6) is -3.11. The summed E-state index contributed by atoms with van der Waals surface area (Å²) in [4.78, 5) is 51.3. The van der Waals surface area contributed by atoms with Crippen molar-refractivity contribution in [1.82, 2.24) is 9.55 Å². The zero-order valence-corrected chi connectivity index (χ0v) is 18.9. The normalized spacial score (nSPS) is 30.0. The van der Waals surface area contributed by atoms with Gasteiger partial charge in [0.1, 0.15) is 24.1 Å². The Morgan fingerprint density at radius 1 is 1.28 bits per heavy atom. The molecule has 1 aromatic heterocycles. The van der Waals surface area contributed by atoms with Crippen LogP contribution in [0.2, 0.25) is 0 Å². The van der Waals surface area contributed by atoms with Gasteiger partial charge in [-0.1, -0.05) is 13.3 Å². The van der Waals surface area contributed by atoms with E-state index in [0.717, 1.165) is 12.3 Å². The summed E-state index contributed by atoms with van der Waals surface area (Å²) in [6.45, 7) is -0.439. The number of nitrogens with zero attached hydrogens (tertiary/aromatic N) is 2. The number of rotatable bonds is 10. The first-order valence-electron chi connectivity index (χ1n) is 8.60. The monoisotopic (exact) mass is 527 g/mol. The summed E-state index contributed by atoms with van der Waals surface area (Å²) in [5, 5.41) is 10.7. The molecule has 7 N–H and O–H groups in total. The van der Waals surface area contributed by atoms with Crippen LogP contribution < -0.4 is 11.4 Å². The van der Waals surface area contributed by atoms with Gasteiger partial charge in [0, 0.05) is 6.20 Å². The number of anilines is 1. The van der Waals surface area contributed by atoms with E-state index in [1.54, 1.807) is 6.92 Å². The molecule has 1 fully saturated rings.